The lowest BCUT2D eigenvalue weighted by Gasteiger charge is -2.02. The molecule has 0 N–H and O–H groups in total. The van der Waals surface area contributed by atoms with Gasteiger partial charge in [0.25, 0.3) is 5.69 Å². The van der Waals surface area contributed by atoms with Crippen molar-refractivity contribution in [3.63, 3.8) is 0 Å². The predicted molar refractivity (Wildman–Crippen MR) is 78.4 cm³/mol. The van der Waals surface area contributed by atoms with Gasteiger partial charge in [-0.3, -0.25) is 10.1 Å². The summed E-state index contributed by atoms with van der Waals surface area (Å²) in [6, 6.07) is 15.3. The van der Waals surface area contributed by atoms with Gasteiger partial charge in [0.2, 0.25) is 0 Å². The van der Waals surface area contributed by atoms with E-state index in [1.165, 1.54) is 18.2 Å². The number of rotatable bonds is 5. The summed E-state index contributed by atoms with van der Waals surface area (Å²) < 4.78 is 5.05. The van der Waals surface area contributed by atoms with E-state index in [1.54, 1.807) is 18.2 Å². The van der Waals surface area contributed by atoms with E-state index in [4.69, 9.17) is 4.74 Å². The lowest BCUT2D eigenvalue weighted by atomic mass is 10.2. The monoisotopic (exact) mass is 283 g/mol. The van der Waals surface area contributed by atoms with Crippen LogP contribution in [0.4, 0.5) is 5.69 Å². The second-order valence-corrected chi connectivity index (χ2v) is 4.28. The van der Waals surface area contributed by atoms with E-state index in [1.807, 2.05) is 30.3 Å². The van der Waals surface area contributed by atoms with Crippen LogP contribution in [0.1, 0.15) is 11.1 Å². The maximum Gasteiger partial charge on any atom is 0.331 e. The summed E-state index contributed by atoms with van der Waals surface area (Å²) in [5.41, 5.74) is 1.61. The molecule has 5 heteroatoms. The van der Waals surface area contributed by atoms with Crippen molar-refractivity contribution in [2.45, 2.75) is 6.61 Å². The van der Waals surface area contributed by atoms with Crippen molar-refractivity contribution in [2.24, 2.45) is 0 Å². The van der Waals surface area contributed by atoms with Gasteiger partial charge in [-0.1, -0.05) is 30.3 Å². The number of ether oxygens (including phenoxy) is 1. The molecule has 0 aromatic heterocycles. The largest absolute Gasteiger partial charge is 0.458 e. The lowest BCUT2D eigenvalue weighted by molar-refractivity contribution is -0.384. The van der Waals surface area contributed by atoms with Crippen molar-refractivity contribution in [2.75, 3.05) is 0 Å². The van der Waals surface area contributed by atoms with Gasteiger partial charge in [0, 0.05) is 18.2 Å². The summed E-state index contributed by atoms with van der Waals surface area (Å²) in [5.74, 6) is -0.461. The molecule has 0 amide bonds. The summed E-state index contributed by atoms with van der Waals surface area (Å²) in [7, 11) is 0. The van der Waals surface area contributed by atoms with E-state index in [2.05, 4.69) is 0 Å². The quantitative estimate of drug-likeness (QED) is 0.365. The van der Waals surface area contributed by atoms with E-state index in [-0.39, 0.29) is 12.3 Å². The van der Waals surface area contributed by atoms with Crippen LogP contribution in [0.5, 0.6) is 0 Å². The Morgan fingerprint density at radius 1 is 1.10 bits per heavy atom. The van der Waals surface area contributed by atoms with Crippen LogP contribution in [0.25, 0.3) is 6.08 Å². The average Bonchev–Trinajstić information content (AvgIpc) is 2.52. The van der Waals surface area contributed by atoms with Crippen molar-refractivity contribution < 1.29 is 14.5 Å². The SMILES string of the molecule is O=C(/C=C/c1ccccc1)OCc1ccc([N+](=O)[O-])cc1. The Hall–Kier alpha value is -2.95. The van der Waals surface area contributed by atoms with E-state index in [0.29, 0.717) is 5.56 Å². The van der Waals surface area contributed by atoms with Crippen molar-refractivity contribution in [3.05, 3.63) is 81.9 Å². The molecule has 0 saturated carbocycles. The van der Waals surface area contributed by atoms with Gasteiger partial charge in [0.05, 0.1) is 4.92 Å². The second kappa shape index (κ2) is 7.00. The van der Waals surface area contributed by atoms with Crippen LogP contribution in [0, 0.1) is 10.1 Å². The molecule has 2 aromatic rings. The molecule has 0 aliphatic carbocycles. The number of esters is 1. The van der Waals surface area contributed by atoms with Gasteiger partial charge >= 0.3 is 5.97 Å². The van der Waals surface area contributed by atoms with Gasteiger partial charge in [-0.25, -0.2) is 4.79 Å². The van der Waals surface area contributed by atoms with E-state index < -0.39 is 10.9 Å². The zero-order chi connectivity index (χ0) is 15.1. The molecule has 0 fully saturated rings. The molecular formula is C16H13NO4. The highest BCUT2D eigenvalue weighted by atomic mass is 16.6. The maximum atomic E-state index is 11.5. The molecule has 0 radical (unpaired) electrons. The minimum Gasteiger partial charge on any atom is -0.458 e. The van der Waals surface area contributed by atoms with Crippen LogP contribution in [0.3, 0.4) is 0 Å². The Labute approximate surface area is 121 Å². The van der Waals surface area contributed by atoms with Crippen molar-refractivity contribution in [1.29, 1.82) is 0 Å². The molecule has 0 atom stereocenters. The third-order valence-corrected chi connectivity index (χ3v) is 2.74. The molecule has 5 nitrogen and oxygen atoms in total. The minimum atomic E-state index is -0.474. The molecule has 2 rings (SSSR count). The zero-order valence-electron chi connectivity index (χ0n) is 11.1. The molecule has 0 spiro atoms. The molecule has 0 bridgehead atoms. The number of nitro groups is 1. The number of nitro benzene ring substituents is 1. The topological polar surface area (TPSA) is 69.4 Å². The van der Waals surface area contributed by atoms with Gasteiger partial charge in [-0.2, -0.15) is 0 Å². The third-order valence-electron chi connectivity index (χ3n) is 2.74. The van der Waals surface area contributed by atoms with Crippen LogP contribution >= 0.6 is 0 Å². The highest BCUT2D eigenvalue weighted by Gasteiger charge is 2.05. The van der Waals surface area contributed by atoms with Gasteiger partial charge in [0.1, 0.15) is 6.61 Å². The number of hydrogen-bond acceptors (Lipinski definition) is 4. The van der Waals surface area contributed by atoms with Gasteiger partial charge in [0.15, 0.2) is 0 Å². The molecule has 21 heavy (non-hydrogen) atoms. The molecule has 0 heterocycles. The standard InChI is InChI=1S/C16H13NO4/c18-16(11-8-13-4-2-1-3-5-13)21-12-14-6-9-15(10-7-14)17(19)20/h1-11H,12H2/b11-8+. The normalized spacial score (nSPS) is 10.5. The summed E-state index contributed by atoms with van der Waals surface area (Å²) in [6.07, 6.45) is 3.01. The lowest BCUT2D eigenvalue weighted by Crippen LogP contribution is -2.00. The van der Waals surface area contributed by atoms with E-state index in [9.17, 15) is 14.9 Å². The number of carbonyl (C=O) groups excluding carboxylic acids is 1. The highest BCUT2D eigenvalue weighted by Crippen LogP contribution is 2.12. The fraction of sp³-hybridized carbons (Fsp3) is 0.0625. The van der Waals surface area contributed by atoms with Crippen molar-refractivity contribution in [1.82, 2.24) is 0 Å². The first-order valence-corrected chi connectivity index (χ1v) is 6.28. The van der Waals surface area contributed by atoms with Gasteiger partial charge in [-0.15, -0.1) is 0 Å². The smallest absolute Gasteiger partial charge is 0.331 e. The Kier molecular flexibility index (Phi) is 4.82. The summed E-state index contributed by atoms with van der Waals surface area (Å²) in [5, 5.41) is 10.5. The molecular weight excluding hydrogens is 270 g/mol. The minimum absolute atomic E-state index is 0.00838. The van der Waals surface area contributed by atoms with Crippen molar-refractivity contribution in [3.8, 4) is 0 Å². The Bertz CT molecular complexity index is 648. The van der Waals surface area contributed by atoms with Crippen LogP contribution < -0.4 is 0 Å². The fourth-order valence-corrected chi connectivity index (χ4v) is 1.64. The number of nitrogens with zero attached hydrogens (tertiary/aromatic N) is 1. The predicted octanol–water partition coefficient (Wildman–Crippen LogP) is 3.35. The summed E-state index contributed by atoms with van der Waals surface area (Å²) in [6.45, 7) is 0.0793. The number of non-ortho nitro benzene ring substituents is 1. The Morgan fingerprint density at radius 2 is 1.76 bits per heavy atom. The first kappa shape index (κ1) is 14.5. The number of hydrogen-bond donors (Lipinski definition) is 0. The number of carbonyl (C=O) groups is 1. The van der Waals surface area contributed by atoms with Gasteiger partial charge < -0.3 is 4.74 Å². The zero-order valence-corrected chi connectivity index (χ0v) is 11.1. The molecule has 0 saturated heterocycles. The molecule has 2 aromatic carbocycles. The molecule has 0 aliphatic rings. The first-order chi connectivity index (χ1) is 10.1. The van der Waals surface area contributed by atoms with E-state index in [0.717, 1.165) is 5.56 Å². The molecule has 106 valence electrons. The Balaban J connectivity index is 1.86. The van der Waals surface area contributed by atoms with Crippen LogP contribution in [0.15, 0.2) is 60.7 Å². The molecule has 0 unspecified atom stereocenters. The maximum absolute atomic E-state index is 11.5. The van der Waals surface area contributed by atoms with Crippen molar-refractivity contribution >= 4 is 17.7 Å². The average molecular weight is 283 g/mol. The van der Waals surface area contributed by atoms with E-state index >= 15 is 0 Å². The van der Waals surface area contributed by atoms with Crippen LogP contribution in [-0.4, -0.2) is 10.9 Å². The van der Waals surface area contributed by atoms with Crippen LogP contribution in [-0.2, 0) is 16.1 Å². The molecule has 0 aliphatic heterocycles. The number of benzene rings is 2. The van der Waals surface area contributed by atoms with Gasteiger partial charge in [-0.05, 0) is 29.3 Å². The fourth-order valence-electron chi connectivity index (χ4n) is 1.64. The highest BCUT2D eigenvalue weighted by molar-refractivity contribution is 5.87. The Morgan fingerprint density at radius 3 is 2.38 bits per heavy atom. The van der Waals surface area contributed by atoms with Crippen LogP contribution in [0.2, 0.25) is 0 Å². The third kappa shape index (κ3) is 4.58. The first-order valence-electron chi connectivity index (χ1n) is 6.28. The summed E-state index contributed by atoms with van der Waals surface area (Å²) >= 11 is 0. The second-order valence-electron chi connectivity index (χ2n) is 4.28. The summed E-state index contributed by atoms with van der Waals surface area (Å²) in [4.78, 5) is 21.6.